The Kier molecular flexibility index (Phi) is 9.26. The first kappa shape index (κ1) is 27.2. The Hall–Kier alpha value is -2.85. The number of amides is 4. The van der Waals surface area contributed by atoms with E-state index in [0.29, 0.717) is 43.2 Å². The van der Waals surface area contributed by atoms with Crippen molar-refractivity contribution in [3.05, 3.63) is 23.8 Å². The van der Waals surface area contributed by atoms with Crippen molar-refractivity contribution in [2.45, 2.75) is 57.2 Å². The molecule has 10 nitrogen and oxygen atoms in total. The molecule has 0 aromatic heterocycles. The minimum absolute atomic E-state index is 0.0577. The summed E-state index contributed by atoms with van der Waals surface area (Å²) in [6, 6.07) is 4.41. The van der Waals surface area contributed by atoms with E-state index in [4.69, 9.17) is 14.2 Å². The lowest BCUT2D eigenvalue weighted by molar-refractivity contribution is -0.137. The van der Waals surface area contributed by atoms with Crippen LogP contribution in [0.5, 0.6) is 11.5 Å². The molecule has 3 saturated heterocycles. The van der Waals surface area contributed by atoms with Crippen molar-refractivity contribution in [2.24, 2.45) is 5.92 Å². The van der Waals surface area contributed by atoms with Gasteiger partial charge < -0.3 is 29.3 Å². The summed E-state index contributed by atoms with van der Waals surface area (Å²) in [7, 11) is 4.70. The third kappa shape index (κ3) is 6.35. The van der Waals surface area contributed by atoms with Crippen LogP contribution in [0.2, 0.25) is 0 Å². The Balaban J connectivity index is 1.39. The second-order valence-corrected chi connectivity index (χ2v) is 10.2. The molecule has 3 aliphatic rings. The van der Waals surface area contributed by atoms with Crippen LogP contribution in [0.15, 0.2) is 18.2 Å². The zero-order valence-corrected chi connectivity index (χ0v) is 22.2. The molecule has 0 spiro atoms. The van der Waals surface area contributed by atoms with Gasteiger partial charge in [-0.25, -0.2) is 4.79 Å². The molecule has 0 bridgehead atoms. The Bertz CT molecular complexity index is 970. The molecule has 4 rings (SSSR count). The van der Waals surface area contributed by atoms with Gasteiger partial charge in [0.15, 0.2) is 11.5 Å². The fourth-order valence-electron chi connectivity index (χ4n) is 5.92. The van der Waals surface area contributed by atoms with Gasteiger partial charge in [-0.15, -0.1) is 0 Å². The summed E-state index contributed by atoms with van der Waals surface area (Å²) in [4.78, 5) is 44.8. The van der Waals surface area contributed by atoms with Crippen molar-refractivity contribution in [3.8, 4) is 11.5 Å². The van der Waals surface area contributed by atoms with Crippen molar-refractivity contribution < 1.29 is 28.6 Å². The van der Waals surface area contributed by atoms with E-state index in [0.717, 1.165) is 36.4 Å². The number of hydrogen-bond donors (Lipinski definition) is 1. The molecule has 0 radical (unpaired) electrons. The highest BCUT2D eigenvalue weighted by Crippen LogP contribution is 2.32. The summed E-state index contributed by atoms with van der Waals surface area (Å²) >= 11 is 0. The van der Waals surface area contributed by atoms with Crippen LogP contribution in [0.3, 0.4) is 0 Å². The molecule has 10 heteroatoms. The number of nitrogens with zero attached hydrogens (tertiary/aromatic N) is 3. The SMILES string of the molecule is COCCN(CC1CCCN2CCCCC12)C(=O)CC1NC(=O)N(Cc2ccc(OC)c(OC)c2)C1=O. The maximum atomic E-state index is 13.4. The first-order valence-electron chi connectivity index (χ1n) is 13.3. The van der Waals surface area contributed by atoms with E-state index in [1.54, 1.807) is 32.4 Å². The average molecular weight is 517 g/mol. The number of carbonyl (C=O) groups is 3. The summed E-state index contributed by atoms with van der Waals surface area (Å²) in [6.45, 7) is 3.94. The van der Waals surface area contributed by atoms with E-state index < -0.39 is 18.0 Å². The molecule has 1 N–H and O–H groups in total. The first-order chi connectivity index (χ1) is 17.9. The smallest absolute Gasteiger partial charge is 0.325 e. The van der Waals surface area contributed by atoms with Gasteiger partial charge in [-0.05, 0) is 62.4 Å². The molecule has 37 heavy (non-hydrogen) atoms. The summed E-state index contributed by atoms with van der Waals surface area (Å²) in [5, 5.41) is 2.71. The summed E-state index contributed by atoms with van der Waals surface area (Å²) in [5.74, 6) is 0.988. The Morgan fingerprint density at radius 1 is 1.05 bits per heavy atom. The van der Waals surface area contributed by atoms with Gasteiger partial charge in [0, 0.05) is 26.2 Å². The van der Waals surface area contributed by atoms with Gasteiger partial charge in [-0.3, -0.25) is 14.5 Å². The van der Waals surface area contributed by atoms with E-state index in [1.165, 1.54) is 26.4 Å². The zero-order chi connectivity index (χ0) is 26.4. The standard InChI is InChI=1S/C27H40N4O6/c1-35-14-13-30(18-20-7-6-12-29-11-5-4-8-22(20)29)25(32)16-21-26(33)31(27(34)28-21)17-19-9-10-23(36-2)24(15-19)37-3/h9-10,15,20-22H,4-8,11-14,16-18H2,1-3H3,(H,28,34). The Labute approximate surface area is 219 Å². The normalized spacial score (nSPS) is 24.0. The van der Waals surface area contributed by atoms with E-state index in [-0.39, 0.29) is 18.9 Å². The van der Waals surface area contributed by atoms with Crippen LogP contribution in [0.4, 0.5) is 4.79 Å². The molecule has 3 unspecified atom stereocenters. The third-order valence-corrected chi connectivity index (χ3v) is 7.88. The van der Waals surface area contributed by atoms with Crippen molar-refractivity contribution >= 4 is 17.8 Å². The molecular formula is C27H40N4O6. The summed E-state index contributed by atoms with van der Waals surface area (Å²) < 4.78 is 15.9. The highest BCUT2D eigenvalue weighted by atomic mass is 16.5. The highest BCUT2D eigenvalue weighted by Gasteiger charge is 2.41. The van der Waals surface area contributed by atoms with Crippen molar-refractivity contribution in [1.29, 1.82) is 0 Å². The highest BCUT2D eigenvalue weighted by molar-refractivity contribution is 6.05. The van der Waals surface area contributed by atoms with E-state index in [1.807, 2.05) is 4.90 Å². The summed E-state index contributed by atoms with van der Waals surface area (Å²) in [5.41, 5.74) is 0.726. The van der Waals surface area contributed by atoms with Crippen LogP contribution in [0, 0.1) is 5.92 Å². The predicted molar refractivity (Wildman–Crippen MR) is 137 cm³/mol. The molecule has 3 heterocycles. The number of imide groups is 1. The number of ether oxygens (including phenoxy) is 3. The monoisotopic (exact) mass is 516 g/mol. The topological polar surface area (TPSA) is 101 Å². The first-order valence-corrected chi connectivity index (χ1v) is 13.3. The molecule has 3 atom stereocenters. The summed E-state index contributed by atoms with van der Waals surface area (Å²) in [6.07, 6.45) is 5.87. The largest absolute Gasteiger partial charge is 0.493 e. The zero-order valence-electron chi connectivity index (χ0n) is 22.2. The minimum Gasteiger partial charge on any atom is -0.493 e. The fraction of sp³-hybridized carbons (Fsp3) is 0.667. The quantitative estimate of drug-likeness (QED) is 0.450. The Morgan fingerprint density at radius 2 is 1.84 bits per heavy atom. The second kappa shape index (κ2) is 12.6. The van der Waals surface area contributed by atoms with Crippen molar-refractivity contribution in [1.82, 2.24) is 20.0 Å². The van der Waals surface area contributed by atoms with Crippen LogP contribution >= 0.6 is 0 Å². The van der Waals surface area contributed by atoms with E-state index >= 15 is 0 Å². The number of methoxy groups -OCH3 is 3. The molecule has 1 aromatic carbocycles. The molecule has 3 fully saturated rings. The van der Waals surface area contributed by atoms with Crippen LogP contribution < -0.4 is 14.8 Å². The molecule has 0 aliphatic carbocycles. The van der Waals surface area contributed by atoms with Crippen molar-refractivity contribution in [3.63, 3.8) is 0 Å². The Morgan fingerprint density at radius 3 is 2.59 bits per heavy atom. The lowest BCUT2D eigenvalue weighted by atomic mass is 9.83. The van der Waals surface area contributed by atoms with Crippen LogP contribution in [-0.2, 0) is 20.9 Å². The van der Waals surface area contributed by atoms with Gasteiger partial charge in [0.25, 0.3) is 5.91 Å². The number of urea groups is 1. The maximum Gasteiger partial charge on any atom is 0.325 e. The number of nitrogens with one attached hydrogen (secondary N) is 1. The number of hydrogen-bond acceptors (Lipinski definition) is 7. The van der Waals surface area contributed by atoms with E-state index in [2.05, 4.69) is 10.2 Å². The third-order valence-electron chi connectivity index (χ3n) is 7.88. The van der Waals surface area contributed by atoms with Gasteiger partial charge in [0.1, 0.15) is 6.04 Å². The van der Waals surface area contributed by atoms with Gasteiger partial charge in [0.05, 0.1) is 33.8 Å². The molecular weight excluding hydrogens is 476 g/mol. The number of carbonyl (C=O) groups excluding carboxylic acids is 3. The number of fused-ring (bicyclic) bond motifs is 1. The minimum atomic E-state index is -0.872. The van der Waals surface area contributed by atoms with E-state index in [9.17, 15) is 14.4 Å². The van der Waals surface area contributed by atoms with Crippen LogP contribution in [0.25, 0.3) is 0 Å². The number of piperidine rings is 2. The van der Waals surface area contributed by atoms with Gasteiger partial charge >= 0.3 is 6.03 Å². The fourth-order valence-corrected chi connectivity index (χ4v) is 5.92. The number of benzene rings is 1. The molecule has 4 amide bonds. The molecule has 0 saturated carbocycles. The maximum absolute atomic E-state index is 13.4. The molecule has 1 aromatic rings. The number of rotatable bonds is 11. The van der Waals surface area contributed by atoms with Crippen molar-refractivity contribution in [2.75, 3.05) is 54.1 Å². The molecule has 3 aliphatic heterocycles. The lowest BCUT2D eigenvalue weighted by Gasteiger charge is -2.45. The van der Waals surface area contributed by atoms with Gasteiger partial charge in [-0.1, -0.05) is 12.5 Å². The molecule has 204 valence electrons. The average Bonchev–Trinajstić information content (AvgIpc) is 3.18. The van der Waals surface area contributed by atoms with Crippen LogP contribution in [-0.4, -0.2) is 98.7 Å². The van der Waals surface area contributed by atoms with Crippen LogP contribution in [0.1, 0.15) is 44.1 Å². The predicted octanol–water partition coefficient (Wildman–Crippen LogP) is 2.25. The lowest BCUT2D eigenvalue weighted by Crippen LogP contribution is -2.52. The van der Waals surface area contributed by atoms with Gasteiger partial charge in [0.2, 0.25) is 5.91 Å². The van der Waals surface area contributed by atoms with Gasteiger partial charge in [-0.2, -0.15) is 0 Å². The second-order valence-electron chi connectivity index (χ2n) is 10.2.